The first-order chi connectivity index (χ1) is 9.90. The number of aromatic nitrogens is 2. The van der Waals surface area contributed by atoms with Gasteiger partial charge in [0.25, 0.3) is 0 Å². The molecule has 7 nitrogen and oxygen atoms in total. The Labute approximate surface area is 128 Å². The van der Waals surface area contributed by atoms with Gasteiger partial charge in [0.1, 0.15) is 11.4 Å². The number of thioether (sulfide) groups is 1. The van der Waals surface area contributed by atoms with Gasteiger partial charge in [0.2, 0.25) is 10.0 Å². The van der Waals surface area contributed by atoms with Gasteiger partial charge in [0.05, 0.1) is 6.20 Å². The van der Waals surface area contributed by atoms with Crippen molar-refractivity contribution in [3.8, 4) is 0 Å². The lowest BCUT2D eigenvalue weighted by molar-refractivity contribution is -0.137. The van der Waals surface area contributed by atoms with Crippen molar-refractivity contribution in [1.29, 1.82) is 0 Å². The highest BCUT2D eigenvalue weighted by atomic mass is 32.2. The predicted molar refractivity (Wildman–Crippen MR) is 79.7 cm³/mol. The number of carboxylic acids is 1. The Morgan fingerprint density at radius 1 is 1.57 bits per heavy atom. The molecule has 0 aromatic carbocycles. The minimum Gasteiger partial charge on any atom is -0.480 e. The van der Waals surface area contributed by atoms with Crippen LogP contribution in [0.5, 0.6) is 0 Å². The SMILES string of the molecule is CSC1CCCC(NS(=O)(=O)c2cnn(CC(=O)O)c2)C1. The summed E-state index contributed by atoms with van der Waals surface area (Å²) in [7, 11) is -3.64. The Bertz CT molecular complexity index is 599. The Hall–Kier alpha value is -1.06. The van der Waals surface area contributed by atoms with Gasteiger partial charge in [-0.3, -0.25) is 9.48 Å². The van der Waals surface area contributed by atoms with E-state index in [0.717, 1.165) is 30.4 Å². The van der Waals surface area contributed by atoms with E-state index in [1.54, 1.807) is 11.8 Å². The highest BCUT2D eigenvalue weighted by Crippen LogP contribution is 2.27. The van der Waals surface area contributed by atoms with Gasteiger partial charge in [-0.05, 0) is 25.5 Å². The standard InChI is InChI=1S/C12H19N3O4S2/c1-20-10-4-2-3-9(5-10)14-21(18,19)11-6-13-15(7-11)8-12(16)17/h6-7,9-10,14H,2-5,8H2,1H3,(H,16,17). The zero-order valence-corrected chi connectivity index (χ0v) is 13.4. The fourth-order valence-electron chi connectivity index (χ4n) is 2.46. The Balaban J connectivity index is 2.04. The molecule has 2 unspecified atom stereocenters. The average Bonchev–Trinajstić information content (AvgIpc) is 2.87. The van der Waals surface area contributed by atoms with E-state index in [9.17, 15) is 13.2 Å². The smallest absolute Gasteiger partial charge is 0.325 e. The molecular weight excluding hydrogens is 314 g/mol. The second-order valence-electron chi connectivity index (χ2n) is 5.11. The quantitative estimate of drug-likeness (QED) is 0.803. The third-order valence-corrected chi connectivity index (χ3v) is 6.07. The largest absolute Gasteiger partial charge is 0.480 e. The molecule has 118 valence electrons. The van der Waals surface area contributed by atoms with Crippen LogP contribution in [0.15, 0.2) is 17.3 Å². The maximum atomic E-state index is 12.3. The topological polar surface area (TPSA) is 101 Å². The minimum absolute atomic E-state index is 0.00928. The summed E-state index contributed by atoms with van der Waals surface area (Å²) in [4.78, 5) is 10.6. The predicted octanol–water partition coefficient (Wildman–Crippen LogP) is 0.920. The van der Waals surface area contributed by atoms with E-state index >= 15 is 0 Å². The molecule has 1 aliphatic carbocycles. The molecule has 1 fully saturated rings. The van der Waals surface area contributed by atoms with E-state index in [1.165, 1.54) is 12.4 Å². The highest BCUT2D eigenvalue weighted by molar-refractivity contribution is 7.99. The number of aliphatic carboxylic acids is 1. The Morgan fingerprint density at radius 3 is 3.00 bits per heavy atom. The monoisotopic (exact) mass is 333 g/mol. The summed E-state index contributed by atoms with van der Waals surface area (Å²) in [5, 5.41) is 12.9. The van der Waals surface area contributed by atoms with E-state index in [-0.39, 0.29) is 17.5 Å². The lowest BCUT2D eigenvalue weighted by Gasteiger charge is -2.28. The third kappa shape index (κ3) is 4.45. The zero-order valence-electron chi connectivity index (χ0n) is 11.7. The van der Waals surface area contributed by atoms with Crippen LogP contribution in [0.1, 0.15) is 25.7 Å². The number of carbonyl (C=O) groups is 1. The lowest BCUT2D eigenvalue weighted by atomic mass is 9.96. The highest BCUT2D eigenvalue weighted by Gasteiger charge is 2.26. The molecule has 9 heteroatoms. The number of carboxylic acid groups (broad SMARTS) is 1. The molecular formula is C12H19N3O4S2. The number of nitrogens with zero attached hydrogens (tertiary/aromatic N) is 2. The number of sulfonamides is 1. The normalized spacial score (nSPS) is 23.1. The van der Waals surface area contributed by atoms with E-state index in [2.05, 4.69) is 9.82 Å². The van der Waals surface area contributed by atoms with Crippen LogP contribution in [0.2, 0.25) is 0 Å². The fraction of sp³-hybridized carbons (Fsp3) is 0.667. The van der Waals surface area contributed by atoms with Crippen molar-refractivity contribution in [3.05, 3.63) is 12.4 Å². The van der Waals surface area contributed by atoms with Crippen LogP contribution in [-0.4, -0.2) is 46.8 Å². The molecule has 1 aromatic heterocycles. The molecule has 2 atom stereocenters. The van der Waals surface area contributed by atoms with Crippen LogP contribution in [0, 0.1) is 0 Å². The Kier molecular flexibility index (Phi) is 5.28. The number of hydrogen-bond acceptors (Lipinski definition) is 5. The first kappa shape index (κ1) is 16.3. The third-order valence-electron chi connectivity index (χ3n) is 3.50. The van der Waals surface area contributed by atoms with Gasteiger partial charge in [0.15, 0.2) is 0 Å². The van der Waals surface area contributed by atoms with Gasteiger partial charge in [-0.25, -0.2) is 13.1 Å². The van der Waals surface area contributed by atoms with Crippen molar-refractivity contribution < 1.29 is 18.3 Å². The van der Waals surface area contributed by atoms with Crippen molar-refractivity contribution in [2.24, 2.45) is 0 Å². The van der Waals surface area contributed by atoms with Gasteiger partial charge in [-0.2, -0.15) is 16.9 Å². The summed E-state index contributed by atoms with van der Waals surface area (Å²) >= 11 is 1.77. The second kappa shape index (κ2) is 6.80. The molecule has 1 saturated carbocycles. The van der Waals surface area contributed by atoms with Crippen molar-refractivity contribution in [2.45, 2.75) is 48.4 Å². The first-order valence-electron chi connectivity index (χ1n) is 6.70. The summed E-state index contributed by atoms with van der Waals surface area (Å²) in [6.45, 7) is -0.354. The summed E-state index contributed by atoms with van der Waals surface area (Å²) < 4.78 is 28.4. The van der Waals surface area contributed by atoms with Gasteiger partial charge < -0.3 is 5.11 Å². The maximum absolute atomic E-state index is 12.3. The summed E-state index contributed by atoms with van der Waals surface area (Å²) in [6, 6.07) is -0.0657. The molecule has 0 spiro atoms. The van der Waals surface area contributed by atoms with Gasteiger partial charge in [-0.1, -0.05) is 6.42 Å². The zero-order chi connectivity index (χ0) is 15.5. The van der Waals surface area contributed by atoms with Crippen LogP contribution in [0.4, 0.5) is 0 Å². The molecule has 0 saturated heterocycles. The van der Waals surface area contributed by atoms with Crippen LogP contribution in [0.3, 0.4) is 0 Å². The van der Waals surface area contributed by atoms with Crippen molar-refractivity contribution in [2.75, 3.05) is 6.26 Å². The molecule has 0 radical (unpaired) electrons. The molecule has 0 bridgehead atoms. The molecule has 0 amide bonds. The first-order valence-corrected chi connectivity index (χ1v) is 9.47. The van der Waals surface area contributed by atoms with Crippen LogP contribution < -0.4 is 4.72 Å². The van der Waals surface area contributed by atoms with Crippen molar-refractivity contribution in [1.82, 2.24) is 14.5 Å². The van der Waals surface area contributed by atoms with E-state index < -0.39 is 16.0 Å². The van der Waals surface area contributed by atoms with E-state index in [4.69, 9.17) is 5.11 Å². The van der Waals surface area contributed by atoms with E-state index in [0.29, 0.717) is 5.25 Å². The van der Waals surface area contributed by atoms with Crippen molar-refractivity contribution >= 4 is 27.8 Å². The molecule has 2 N–H and O–H groups in total. The molecule has 21 heavy (non-hydrogen) atoms. The second-order valence-corrected chi connectivity index (χ2v) is 7.96. The van der Waals surface area contributed by atoms with Crippen LogP contribution in [-0.2, 0) is 21.4 Å². The molecule has 0 aliphatic heterocycles. The minimum atomic E-state index is -3.64. The Morgan fingerprint density at radius 2 is 2.33 bits per heavy atom. The molecule has 1 aliphatic rings. The lowest BCUT2D eigenvalue weighted by Crippen LogP contribution is -2.38. The summed E-state index contributed by atoms with van der Waals surface area (Å²) in [5.41, 5.74) is 0. The van der Waals surface area contributed by atoms with E-state index in [1.807, 2.05) is 6.26 Å². The van der Waals surface area contributed by atoms with Crippen LogP contribution in [0.25, 0.3) is 0 Å². The number of hydrogen-bond donors (Lipinski definition) is 2. The fourth-order valence-corrected chi connectivity index (χ4v) is 4.52. The van der Waals surface area contributed by atoms with Crippen LogP contribution >= 0.6 is 11.8 Å². The molecule has 2 rings (SSSR count). The molecule has 1 aromatic rings. The average molecular weight is 333 g/mol. The van der Waals surface area contributed by atoms with Crippen molar-refractivity contribution in [3.63, 3.8) is 0 Å². The number of rotatable bonds is 6. The van der Waals surface area contributed by atoms with Gasteiger partial charge in [-0.15, -0.1) is 0 Å². The van der Waals surface area contributed by atoms with Gasteiger partial charge in [0, 0.05) is 17.5 Å². The summed E-state index contributed by atoms with van der Waals surface area (Å²) in [5.74, 6) is -1.06. The molecule has 1 heterocycles. The maximum Gasteiger partial charge on any atom is 0.325 e. The number of nitrogens with one attached hydrogen (secondary N) is 1. The summed E-state index contributed by atoms with van der Waals surface area (Å²) in [6.07, 6.45) is 8.25. The van der Waals surface area contributed by atoms with Gasteiger partial charge >= 0.3 is 5.97 Å².